The van der Waals surface area contributed by atoms with Crippen LogP contribution in [0.1, 0.15) is 23.4 Å². The van der Waals surface area contributed by atoms with E-state index in [-0.39, 0.29) is 29.2 Å². The van der Waals surface area contributed by atoms with Gasteiger partial charge in [-0.15, -0.1) is 0 Å². The van der Waals surface area contributed by atoms with Gasteiger partial charge in [-0.1, -0.05) is 18.2 Å². The highest BCUT2D eigenvalue weighted by atomic mass is 32.2. The zero-order valence-corrected chi connectivity index (χ0v) is 17.5. The lowest BCUT2D eigenvalue weighted by Gasteiger charge is -2.38. The Kier molecular flexibility index (Phi) is 5.92. The molecule has 2 aliphatic rings. The third-order valence-corrected chi connectivity index (χ3v) is 7.60. The van der Waals surface area contributed by atoms with E-state index >= 15 is 0 Å². The molecule has 0 spiro atoms. The summed E-state index contributed by atoms with van der Waals surface area (Å²) < 4.78 is 32.4. The van der Waals surface area contributed by atoms with E-state index in [1.165, 1.54) is 10.6 Å². The number of furan rings is 1. The molecule has 0 saturated carbocycles. The van der Waals surface area contributed by atoms with Crippen molar-refractivity contribution in [2.45, 2.75) is 17.7 Å². The predicted molar refractivity (Wildman–Crippen MR) is 109 cm³/mol. The van der Waals surface area contributed by atoms with Crippen LogP contribution in [0, 0.1) is 5.92 Å². The minimum Gasteiger partial charge on any atom is -0.459 e. The molecular formula is C21H25N3O5S. The van der Waals surface area contributed by atoms with Gasteiger partial charge in [-0.3, -0.25) is 9.59 Å². The maximum atomic E-state index is 13.0. The smallest absolute Gasteiger partial charge is 0.289 e. The van der Waals surface area contributed by atoms with Gasteiger partial charge in [-0.05, 0) is 37.1 Å². The fraction of sp³-hybridized carbons (Fsp3) is 0.429. The van der Waals surface area contributed by atoms with E-state index < -0.39 is 10.0 Å². The molecule has 0 radical (unpaired) electrons. The second-order valence-corrected chi connectivity index (χ2v) is 9.55. The standard InChI is InChI=1S/C21H25N3O5S/c25-20(22-11-13-23(14-12-22)21(26)19-9-5-15-29-19)17-6-4-10-24(16-17)30(27,28)18-7-2-1-3-8-18/h1-3,5,7-9,15,17H,4,6,10-14,16H2. The van der Waals surface area contributed by atoms with E-state index in [0.29, 0.717) is 51.3 Å². The van der Waals surface area contributed by atoms with Gasteiger partial charge in [0, 0.05) is 39.3 Å². The van der Waals surface area contributed by atoms with Crippen molar-refractivity contribution in [1.82, 2.24) is 14.1 Å². The van der Waals surface area contributed by atoms with Crippen molar-refractivity contribution in [2.24, 2.45) is 5.92 Å². The molecule has 3 heterocycles. The quantitative estimate of drug-likeness (QED) is 0.734. The van der Waals surface area contributed by atoms with Gasteiger partial charge in [0.25, 0.3) is 5.91 Å². The first-order valence-corrected chi connectivity index (χ1v) is 11.6. The monoisotopic (exact) mass is 431 g/mol. The number of amides is 2. The van der Waals surface area contributed by atoms with Crippen LogP contribution in [-0.2, 0) is 14.8 Å². The van der Waals surface area contributed by atoms with Crippen LogP contribution in [-0.4, -0.2) is 73.6 Å². The van der Waals surface area contributed by atoms with E-state index in [1.54, 1.807) is 52.3 Å². The number of piperidine rings is 1. The van der Waals surface area contributed by atoms with Crippen LogP contribution < -0.4 is 0 Å². The van der Waals surface area contributed by atoms with E-state index in [0.717, 1.165) is 0 Å². The zero-order chi connectivity index (χ0) is 21.1. The van der Waals surface area contributed by atoms with E-state index in [1.807, 2.05) is 0 Å². The van der Waals surface area contributed by atoms with Crippen LogP contribution in [0.3, 0.4) is 0 Å². The minimum atomic E-state index is -3.61. The molecular weight excluding hydrogens is 406 g/mol. The second-order valence-electron chi connectivity index (χ2n) is 7.61. The molecule has 2 amide bonds. The highest BCUT2D eigenvalue weighted by molar-refractivity contribution is 7.89. The van der Waals surface area contributed by atoms with Crippen molar-refractivity contribution in [1.29, 1.82) is 0 Å². The first kappa shape index (κ1) is 20.6. The van der Waals surface area contributed by atoms with Crippen molar-refractivity contribution >= 4 is 21.8 Å². The summed E-state index contributed by atoms with van der Waals surface area (Å²) in [7, 11) is -3.61. The molecule has 160 valence electrons. The summed E-state index contributed by atoms with van der Waals surface area (Å²) >= 11 is 0. The van der Waals surface area contributed by atoms with Crippen molar-refractivity contribution < 1.29 is 22.4 Å². The maximum Gasteiger partial charge on any atom is 0.289 e. The molecule has 1 atom stereocenters. The average Bonchev–Trinajstić information content (AvgIpc) is 3.34. The Labute approximate surface area is 176 Å². The van der Waals surface area contributed by atoms with Gasteiger partial charge in [0.15, 0.2) is 5.76 Å². The van der Waals surface area contributed by atoms with Crippen LogP contribution in [0.5, 0.6) is 0 Å². The van der Waals surface area contributed by atoms with E-state index in [2.05, 4.69) is 0 Å². The van der Waals surface area contributed by atoms with Crippen LogP contribution in [0.15, 0.2) is 58.0 Å². The Balaban J connectivity index is 1.37. The minimum absolute atomic E-state index is 0.0342. The summed E-state index contributed by atoms with van der Waals surface area (Å²) in [6, 6.07) is 11.6. The molecule has 2 saturated heterocycles. The lowest BCUT2D eigenvalue weighted by Crippen LogP contribution is -2.54. The summed E-state index contributed by atoms with van der Waals surface area (Å²) in [5.41, 5.74) is 0. The molecule has 1 aromatic heterocycles. The molecule has 0 N–H and O–H groups in total. The van der Waals surface area contributed by atoms with Crippen molar-refractivity contribution in [3.8, 4) is 0 Å². The third-order valence-electron chi connectivity index (χ3n) is 5.72. The summed E-state index contributed by atoms with van der Waals surface area (Å²) in [5.74, 6) is -0.272. The molecule has 8 nitrogen and oxygen atoms in total. The lowest BCUT2D eigenvalue weighted by atomic mass is 9.97. The van der Waals surface area contributed by atoms with Crippen molar-refractivity contribution in [3.63, 3.8) is 0 Å². The Hall–Kier alpha value is -2.65. The van der Waals surface area contributed by atoms with Gasteiger partial charge >= 0.3 is 0 Å². The van der Waals surface area contributed by atoms with Crippen LogP contribution in [0.25, 0.3) is 0 Å². The fourth-order valence-electron chi connectivity index (χ4n) is 4.05. The van der Waals surface area contributed by atoms with Crippen molar-refractivity contribution in [3.05, 3.63) is 54.5 Å². The van der Waals surface area contributed by atoms with Gasteiger partial charge in [-0.2, -0.15) is 4.31 Å². The molecule has 2 fully saturated rings. The first-order valence-electron chi connectivity index (χ1n) is 10.1. The summed E-state index contributed by atoms with van der Waals surface area (Å²) in [6.07, 6.45) is 2.79. The second kappa shape index (κ2) is 8.61. The largest absolute Gasteiger partial charge is 0.459 e. The highest BCUT2D eigenvalue weighted by Gasteiger charge is 2.36. The number of rotatable bonds is 4. The number of nitrogens with zero attached hydrogens (tertiary/aromatic N) is 3. The number of piperazine rings is 1. The third kappa shape index (κ3) is 4.13. The number of carbonyl (C=O) groups is 2. The molecule has 1 aromatic carbocycles. The molecule has 4 rings (SSSR count). The molecule has 2 aliphatic heterocycles. The molecule has 30 heavy (non-hydrogen) atoms. The Bertz CT molecular complexity index is 983. The van der Waals surface area contributed by atoms with E-state index in [9.17, 15) is 18.0 Å². The normalized spacial score (nSPS) is 20.9. The highest BCUT2D eigenvalue weighted by Crippen LogP contribution is 2.25. The van der Waals surface area contributed by atoms with Gasteiger partial charge in [-0.25, -0.2) is 8.42 Å². The summed E-state index contributed by atoms with van der Waals surface area (Å²) in [4.78, 5) is 29.1. The summed E-state index contributed by atoms with van der Waals surface area (Å²) in [5, 5.41) is 0. The topological polar surface area (TPSA) is 91.1 Å². The molecule has 2 aromatic rings. The Morgan fingerprint density at radius 3 is 2.27 bits per heavy atom. The van der Waals surface area contributed by atoms with Crippen molar-refractivity contribution in [2.75, 3.05) is 39.3 Å². The average molecular weight is 432 g/mol. The number of hydrogen-bond donors (Lipinski definition) is 0. The molecule has 0 bridgehead atoms. The van der Waals surface area contributed by atoms with Gasteiger partial charge in [0.2, 0.25) is 15.9 Å². The maximum absolute atomic E-state index is 13.0. The molecule has 0 aliphatic carbocycles. The van der Waals surface area contributed by atoms with Crippen LogP contribution >= 0.6 is 0 Å². The summed E-state index contributed by atoms with van der Waals surface area (Å²) in [6.45, 7) is 2.36. The molecule has 1 unspecified atom stereocenters. The zero-order valence-electron chi connectivity index (χ0n) is 16.6. The van der Waals surface area contributed by atoms with Gasteiger partial charge in [0.05, 0.1) is 17.1 Å². The van der Waals surface area contributed by atoms with Crippen LogP contribution in [0.4, 0.5) is 0 Å². The first-order chi connectivity index (χ1) is 14.5. The number of benzene rings is 1. The Morgan fingerprint density at radius 1 is 0.900 bits per heavy atom. The van der Waals surface area contributed by atoms with Gasteiger partial charge in [0.1, 0.15) is 0 Å². The molecule has 9 heteroatoms. The number of sulfonamides is 1. The van der Waals surface area contributed by atoms with E-state index in [4.69, 9.17) is 4.42 Å². The predicted octanol–water partition coefficient (Wildman–Crippen LogP) is 1.66. The fourth-order valence-corrected chi connectivity index (χ4v) is 5.59. The van der Waals surface area contributed by atoms with Gasteiger partial charge < -0.3 is 14.2 Å². The SMILES string of the molecule is O=C(c1ccco1)N1CCN(C(=O)C2CCCN(S(=O)(=O)c3ccccc3)C2)CC1. The Morgan fingerprint density at radius 2 is 1.60 bits per heavy atom. The number of hydrogen-bond acceptors (Lipinski definition) is 5. The van der Waals surface area contributed by atoms with Crippen LogP contribution in [0.2, 0.25) is 0 Å². The number of carbonyl (C=O) groups excluding carboxylic acids is 2. The lowest BCUT2D eigenvalue weighted by molar-refractivity contribution is -0.138.